The van der Waals surface area contributed by atoms with E-state index in [4.69, 9.17) is 5.11 Å². The van der Waals surface area contributed by atoms with Crippen molar-refractivity contribution in [2.75, 3.05) is 26.0 Å². The van der Waals surface area contributed by atoms with Crippen LogP contribution in [0.2, 0.25) is 0 Å². The maximum absolute atomic E-state index is 10.9. The molecular weight excluding hydrogens is 174 g/mol. The van der Waals surface area contributed by atoms with Crippen LogP contribution in [0, 0.1) is 0 Å². The fourth-order valence-electron chi connectivity index (χ4n) is 0.244. The third-order valence-corrected chi connectivity index (χ3v) is 2.65. The Bertz CT molecular complexity index is 167. The van der Waals surface area contributed by atoms with Crippen LogP contribution in [0.5, 0.6) is 0 Å². The second kappa shape index (κ2) is 4.20. The van der Waals surface area contributed by atoms with E-state index >= 15 is 0 Å². The fraction of sp³-hybridized carbons (Fsp3) is 1.00. The summed E-state index contributed by atoms with van der Waals surface area (Å²) >= 11 is 0. The second-order valence-corrected chi connectivity index (χ2v) is 6.12. The third-order valence-electron chi connectivity index (χ3n) is 0.770. The van der Waals surface area contributed by atoms with Crippen molar-refractivity contribution < 1.29 is 18.8 Å². The quantitative estimate of drug-likeness (QED) is 0.670. The van der Waals surface area contributed by atoms with Gasteiger partial charge >= 0.3 is 7.80 Å². The van der Waals surface area contributed by atoms with Crippen molar-refractivity contribution in [2.45, 2.75) is 0 Å². The first-order chi connectivity index (χ1) is 4.48. The van der Waals surface area contributed by atoms with Gasteiger partial charge in [0.2, 0.25) is 13.7 Å². The van der Waals surface area contributed by atoms with Gasteiger partial charge in [0.05, 0.1) is 0 Å². The molecule has 10 heavy (non-hydrogen) atoms. The lowest BCUT2D eigenvalue weighted by Crippen LogP contribution is -1.91. The summed E-state index contributed by atoms with van der Waals surface area (Å²) in [5, 5.41) is 8.42. The molecule has 0 radical (unpaired) electrons. The zero-order valence-corrected chi connectivity index (χ0v) is 7.77. The van der Waals surface area contributed by atoms with E-state index < -0.39 is 21.5 Å². The molecule has 0 amide bonds. The van der Waals surface area contributed by atoms with E-state index in [2.05, 4.69) is 4.52 Å². The fourth-order valence-corrected chi connectivity index (χ4v) is 1.95. The van der Waals surface area contributed by atoms with Crippen LogP contribution in [0.25, 0.3) is 0 Å². The Morgan fingerprint density at radius 2 is 2.20 bits per heavy atom. The number of rotatable bonds is 4. The average Bonchev–Trinajstić information content (AvgIpc) is 1.85. The van der Waals surface area contributed by atoms with Gasteiger partial charge < -0.3 is 5.11 Å². The highest BCUT2D eigenvalue weighted by Crippen LogP contribution is 2.42. The van der Waals surface area contributed by atoms with Crippen LogP contribution < -0.4 is 0 Å². The molecular formula is C4H11O4P2+. The summed E-state index contributed by atoms with van der Waals surface area (Å²) in [7, 11) is -4.28. The molecule has 60 valence electrons. The molecule has 4 nitrogen and oxygen atoms in total. The molecule has 6 heteroatoms. The Labute approximate surface area is 60.8 Å². The summed E-state index contributed by atoms with van der Waals surface area (Å²) in [5.41, 5.74) is 0. The monoisotopic (exact) mass is 185 g/mol. The van der Waals surface area contributed by atoms with E-state index in [1.165, 1.54) is 13.3 Å². The molecule has 1 N–H and O–H groups in total. The molecule has 2 atom stereocenters. The van der Waals surface area contributed by atoms with Gasteiger partial charge in [0, 0.05) is 6.66 Å². The highest BCUT2D eigenvalue weighted by molar-refractivity contribution is 7.58. The zero-order valence-electron chi connectivity index (χ0n) is 5.98. The summed E-state index contributed by atoms with van der Waals surface area (Å²) < 4.78 is 26.0. The van der Waals surface area contributed by atoms with Crippen LogP contribution >= 0.6 is 15.2 Å². The summed E-state index contributed by atoms with van der Waals surface area (Å²) in [6.07, 6.45) is -0.528. The first-order valence-electron chi connectivity index (χ1n) is 2.68. The minimum absolute atomic E-state index is 0.0380. The smallest absolute Gasteiger partial charge is 0.364 e. The number of aliphatic hydroxyl groups is 1. The minimum atomic E-state index is -2.86. The van der Waals surface area contributed by atoms with Crippen LogP contribution in [-0.4, -0.2) is 31.1 Å². The lowest BCUT2D eigenvalue weighted by molar-refractivity contribution is 0.305. The molecule has 0 bridgehead atoms. The maximum atomic E-state index is 10.9. The minimum Gasteiger partial charge on any atom is -0.386 e. The van der Waals surface area contributed by atoms with Crippen molar-refractivity contribution in [1.82, 2.24) is 0 Å². The van der Waals surface area contributed by atoms with Gasteiger partial charge in [-0.15, -0.1) is 0 Å². The molecule has 0 spiro atoms. The van der Waals surface area contributed by atoms with Gasteiger partial charge in [-0.3, -0.25) is 9.09 Å². The van der Waals surface area contributed by atoms with Crippen molar-refractivity contribution in [3.05, 3.63) is 0 Å². The summed E-state index contributed by atoms with van der Waals surface area (Å²) in [5.74, 6) is 0. The van der Waals surface area contributed by atoms with E-state index in [1.807, 2.05) is 0 Å². The summed E-state index contributed by atoms with van der Waals surface area (Å²) in [4.78, 5) is 0. The first kappa shape index (κ1) is 10.2. The van der Waals surface area contributed by atoms with Gasteiger partial charge in [-0.2, -0.15) is 0 Å². The Balaban J connectivity index is 3.68. The van der Waals surface area contributed by atoms with E-state index in [1.54, 1.807) is 0 Å². The van der Waals surface area contributed by atoms with Crippen LogP contribution in [0.1, 0.15) is 0 Å². The largest absolute Gasteiger partial charge is 0.386 e. The predicted octanol–water partition coefficient (Wildman–Crippen LogP) is 1.28. The predicted molar refractivity (Wildman–Crippen MR) is 40.1 cm³/mol. The van der Waals surface area contributed by atoms with Crippen LogP contribution in [0.15, 0.2) is 0 Å². The van der Waals surface area contributed by atoms with Gasteiger partial charge in [0.15, 0.2) is 0 Å². The summed E-state index contributed by atoms with van der Waals surface area (Å²) in [6.45, 7) is 2.79. The van der Waals surface area contributed by atoms with Crippen molar-refractivity contribution in [3.63, 3.8) is 0 Å². The molecule has 0 heterocycles. The van der Waals surface area contributed by atoms with E-state index in [9.17, 15) is 9.13 Å². The Morgan fingerprint density at radius 1 is 1.70 bits per heavy atom. The molecule has 0 aliphatic heterocycles. The standard InChI is InChI=1S/C4H11O4P2/c1-9(6)4-8-10(2,7)3-5/h5H,3-4H2,1-2H3/q+1. The Kier molecular flexibility index (Phi) is 4.30. The van der Waals surface area contributed by atoms with Crippen LogP contribution in [-0.2, 0) is 13.7 Å². The molecule has 0 saturated carbocycles. The molecule has 0 aromatic heterocycles. The van der Waals surface area contributed by atoms with Crippen LogP contribution in [0.4, 0.5) is 0 Å². The van der Waals surface area contributed by atoms with Gasteiger partial charge in [0.1, 0.15) is 13.0 Å². The zero-order chi connectivity index (χ0) is 8.20. The lowest BCUT2D eigenvalue weighted by atomic mass is 11.7. The topological polar surface area (TPSA) is 63.6 Å². The van der Waals surface area contributed by atoms with Crippen molar-refractivity contribution >= 4 is 15.2 Å². The molecule has 2 unspecified atom stereocenters. The molecule has 0 rings (SSSR count). The maximum Gasteiger partial charge on any atom is 0.364 e. The average molecular weight is 185 g/mol. The molecule has 0 fully saturated rings. The van der Waals surface area contributed by atoms with E-state index in [0.717, 1.165) is 0 Å². The molecule has 0 aromatic rings. The molecule has 0 aliphatic rings. The van der Waals surface area contributed by atoms with Gasteiger partial charge in [-0.1, -0.05) is 4.57 Å². The van der Waals surface area contributed by atoms with Gasteiger partial charge in [0.25, 0.3) is 0 Å². The van der Waals surface area contributed by atoms with Gasteiger partial charge in [-0.05, 0) is 0 Å². The van der Waals surface area contributed by atoms with Crippen molar-refractivity contribution in [1.29, 1.82) is 0 Å². The highest BCUT2D eigenvalue weighted by Gasteiger charge is 2.18. The van der Waals surface area contributed by atoms with Crippen molar-refractivity contribution in [3.8, 4) is 0 Å². The summed E-state index contributed by atoms with van der Waals surface area (Å²) in [6, 6.07) is 0. The lowest BCUT2D eigenvalue weighted by Gasteiger charge is -2.04. The van der Waals surface area contributed by atoms with E-state index in [-0.39, 0.29) is 6.35 Å². The van der Waals surface area contributed by atoms with E-state index in [0.29, 0.717) is 0 Å². The number of hydrogen-bond donors (Lipinski definition) is 1. The van der Waals surface area contributed by atoms with Crippen LogP contribution in [0.3, 0.4) is 0 Å². The van der Waals surface area contributed by atoms with Gasteiger partial charge in [-0.25, -0.2) is 0 Å². The number of hydrogen-bond acceptors (Lipinski definition) is 4. The second-order valence-electron chi connectivity index (χ2n) is 2.04. The Morgan fingerprint density at radius 3 is 2.50 bits per heavy atom. The third kappa shape index (κ3) is 5.07. The highest BCUT2D eigenvalue weighted by atomic mass is 31.2. The molecule has 0 aromatic carbocycles. The molecule has 0 aliphatic carbocycles. The normalized spacial score (nSPS) is 18.1. The van der Waals surface area contributed by atoms with Crippen molar-refractivity contribution in [2.24, 2.45) is 0 Å². The number of aliphatic hydroxyl groups excluding tert-OH is 1. The SMILES string of the molecule is C[P+](=O)COP(C)(=O)CO. The first-order valence-corrected chi connectivity index (χ1v) is 6.83. The Hall–Kier alpha value is 0.250. The molecule has 0 saturated heterocycles.